The Kier molecular flexibility index (Phi) is 5.91. The van der Waals surface area contributed by atoms with Crippen molar-refractivity contribution >= 4 is 5.91 Å². The van der Waals surface area contributed by atoms with Crippen LogP contribution in [0.15, 0.2) is 36.5 Å². The van der Waals surface area contributed by atoms with E-state index in [0.29, 0.717) is 25.5 Å². The number of aromatic nitrogens is 3. The lowest BCUT2D eigenvalue weighted by atomic mass is 10.3. The molecule has 7 nitrogen and oxygen atoms in total. The SMILES string of the molecule is COCCNC(=O)C(C)n1cc(COc2ccccc2)nn1. The van der Waals surface area contributed by atoms with E-state index >= 15 is 0 Å². The van der Waals surface area contributed by atoms with Gasteiger partial charge in [0.1, 0.15) is 24.1 Å². The van der Waals surface area contributed by atoms with Crippen LogP contribution >= 0.6 is 0 Å². The maximum Gasteiger partial charge on any atom is 0.244 e. The maximum absolute atomic E-state index is 11.9. The summed E-state index contributed by atoms with van der Waals surface area (Å²) in [4.78, 5) is 11.9. The summed E-state index contributed by atoms with van der Waals surface area (Å²) in [6.07, 6.45) is 1.71. The second kappa shape index (κ2) is 8.14. The first-order valence-corrected chi connectivity index (χ1v) is 7.06. The smallest absolute Gasteiger partial charge is 0.244 e. The molecule has 1 atom stereocenters. The van der Waals surface area contributed by atoms with Gasteiger partial charge in [-0.15, -0.1) is 5.10 Å². The number of amides is 1. The summed E-state index contributed by atoms with van der Waals surface area (Å²) < 4.78 is 12.0. The van der Waals surface area contributed by atoms with Crippen molar-refractivity contribution in [1.82, 2.24) is 20.3 Å². The molecule has 0 aliphatic heterocycles. The highest BCUT2D eigenvalue weighted by atomic mass is 16.5. The number of carbonyl (C=O) groups excluding carboxylic acids is 1. The molecule has 0 fully saturated rings. The second-order valence-corrected chi connectivity index (χ2v) is 4.75. The Labute approximate surface area is 129 Å². The largest absolute Gasteiger partial charge is 0.487 e. The first-order chi connectivity index (χ1) is 10.7. The van der Waals surface area contributed by atoms with Gasteiger partial charge in [-0.1, -0.05) is 23.4 Å². The molecule has 0 aliphatic carbocycles. The van der Waals surface area contributed by atoms with Gasteiger partial charge in [-0.25, -0.2) is 4.68 Å². The number of methoxy groups -OCH3 is 1. The minimum absolute atomic E-state index is 0.127. The van der Waals surface area contributed by atoms with Crippen LogP contribution in [0.4, 0.5) is 0 Å². The summed E-state index contributed by atoms with van der Waals surface area (Å²) in [6.45, 7) is 3.02. The molecule has 0 radical (unpaired) electrons. The van der Waals surface area contributed by atoms with Crippen LogP contribution in [0.5, 0.6) is 5.75 Å². The Morgan fingerprint density at radius 1 is 1.36 bits per heavy atom. The van der Waals surface area contributed by atoms with Crippen LogP contribution < -0.4 is 10.1 Å². The van der Waals surface area contributed by atoms with Gasteiger partial charge in [0.05, 0.1) is 12.8 Å². The first-order valence-electron chi connectivity index (χ1n) is 7.06. The molecule has 2 aromatic rings. The van der Waals surface area contributed by atoms with E-state index in [4.69, 9.17) is 9.47 Å². The fourth-order valence-corrected chi connectivity index (χ4v) is 1.79. The highest BCUT2D eigenvalue weighted by Crippen LogP contribution is 2.11. The van der Waals surface area contributed by atoms with E-state index in [1.807, 2.05) is 30.3 Å². The van der Waals surface area contributed by atoms with E-state index in [9.17, 15) is 4.79 Å². The Bertz CT molecular complexity index is 585. The van der Waals surface area contributed by atoms with Crippen molar-refractivity contribution in [3.8, 4) is 5.75 Å². The topological polar surface area (TPSA) is 78.3 Å². The standard InChI is InChI=1S/C15H20N4O3/c1-12(15(20)16-8-9-21-2)19-10-13(17-18-19)11-22-14-6-4-3-5-7-14/h3-7,10,12H,8-9,11H2,1-2H3,(H,16,20). The quantitative estimate of drug-likeness (QED) is 0.741. The maximum atomic E-state index is 11.9. The van der Waals surface area contributed by atoms with Gasteiger partial charge < -0.3 is 14.8 Å². The normalized spacial score (nSPS) is 11.9. The lowest BCUT2D eigenvalue weighted by molar-refractivity contribution is -0.124. The Morgan fingerprint density at radius 3 is 2.86 bits per heavy atom. The minimum atomic E-state index is -0.435. The molecular weight excluding hydrogens is 284 g/mol. The van der Waals surface area contributed by atoms with Gasteiger partial charge in [-0.2, -0.15) is 0 Å². The molecule has 118 valence electrons. The summed E-state index contributed by atoms with van der Waals surface area (Å²) in [7, 11) is 1.59. The molecule has 1 unspecified atom stereocenters. The van der Waals surface area contributed by atoms with Crippen LogP contribution in [0.3, 0.4) is 0 Å². The van der Waals surface area contributed by atoms with Crippen LogP contribution in [-0.2, 0) is 16.1 Å². The number of benzene rings is 1. The van der Waals surface area contributed by atoms with Gasteiger partial charge >= 0.3 is 0 Å². The van der Waals surface area contributed by atoms with E-state index in [-0.39, 0.29) is 5.91 Å². The van der Waals surface area contributed by atoms with Crippen molar-refractivity contribution in [3.63, 3.8) is 0 Å². The van der Waals surface area contributed by atoms with Crippen molar-refractivity contribution in [3.05, 3.63) is 42.2 Å². The third-order valence-corrected chi connectivity index (χ3v) is 3.07. The van der Waals surface area contributed by atoms with Crippen LogP contribution in [0.25, 0.3) is 0 Å². The lowest BCUT2D eigenvalue weighted by Gasteiger charge is -2.11. The Balaban J connectivity index is 1.86. The molecule has 1 amide bonds. The van der Waals surface area contributed by atoms with E-state index in [2.05, 4.69) is 15.6 Å². The summed E-state index contributed by atoms with van der Waals surface area (Å²) in [5.74, 6) is 0.639. The zero-order valence-corrected chi connectivity index (χ0v) is 12.7. The van der Waals surface area contributed by atoms with E-state index < -0.39 is 6.04 Å². The highest BCUT2D eigenvalue weighted by molar-refractivity contribution is 5.79. The van der Waals surface area contributed by atoms with Crippen LogP contribution in [0, 0.1) is 0 Å². The van der Waals surface area contributed by atoms with Crippen LogP contribution in [0.2, 0.25) is 0 Å². The summed E-state index contributed by atoms with van der Waals surface area (Å²) in [5, 5.41) is 10.8. The number of hydrogen-bond acceptors (Lipinski definition) is 5. The van der Waals surface area contributed by atoms with Crippen molar-refractivity contribution in [2.45, 2.75) is 19.6 Å². The van der Waals surface area contributed by atoms with Crippen molar-refractivity contribution < 1.29 is 14.3 Å². The van der Waals surface area contributed by atoms with Gasteiger partial charge in [0.15, 0.2) is 0 Å². The third-order valence-electron chi connectivity index (χ3n) is 3.07. The Morgan fingerprint density at radius 2 is 2.14 bits per heavy atom. The van der Waals surface area contributed by atoms with Crippen molar-refractivity contribution in [2.75, 3.05) is 20.3 Å². The monoisotopic (exact) mass is 304 g/mol. The van der Waals surface area contributed by atoms with Crippen LogP contribution in [-0.4, -0.2) is 41.2 Å². The van der Waals surface area contributed by atoms with Gasteiger partial charge in [-0.05, 0) is 19.1 Å². The van der Waals surface area contributed by atoms with Crippen molar-refractivity contribution in [1.29, 1.82) is 0 Å². The molecule has 22 heavy (non-hydrogen) atoms. The van der Waals surface area contributed by atoms with Gasteiger partial charge in [-0.3, -0.25) is 4.79 Å². The van der Waals surface area contributed by atoms with Crippen LogP contribution in [0.1, 0.15) is 18.7 Å². The predicted octanol–water partition coefficient (Wildman–Crippen LogP) is 1.18. The fraction of sp³-hybridized carbons (Fsp3) is 0.400. The number of nitrogens with zero attached hydrogens (tertiary/aromatic N) is 3. The molecule has 2 rings (SSSR count). The summed E-state index contributed by atoms with van der Waals surface area (Å²) in [5.41, 5.74) is 0.667. The van der Waals surface area contributed by atoms with Crippen molar-refractivity contribution in [2.24, 2.45) is 0 Å². The van der Waals surface area contributed by atoms with Gasteiger partial charge in [0.25, 0.3) is 0 Å². The molecule has 0 aliphatic rings. The number of para-hydroxylation sites is 1. The lowest BCUT2D eigenvalue weighted by Crippen LogP contribution is -2.33. The Hall–Kier alpha value is -2.41. The molecule has 0 bridgehead atoms. The molecule has 1 aromatic carbocycles. The minimum Gasteiger partial charge on any atom is -0.487 e. The number of rotatable bonds is 8. The average molecular weight is 304 g/mol. The molecule has 1 N–H and O–H groups in total. The number of nitrogens with one attached hydrogen (secondary N) is 1. The summed E-state index contributed by atoms with van der Waals surface area (Å²) in [6, 6.07) is 9.03. The molecule has 1 heterocycles. The van der Waals surface area contributed by atoms with E-state index in [1.54, 1.807) is 20.2 Å². The molecule has 0 saturated heterocycles. The number of ether oxygens (including phenoxy) is 2. The average Bonchev–Trinajstić information content (AvgIpc) is 3.02. The molecule has 1 aromatic heterocycles. The zero-order valence-electron chi connectivity index (χ0n) is 12.7. The fourth-order valence-electron chi connectivity index (χ4n) is 1.79. The van der Waals surface area contributed by atoms with E-state index in [1.165, 1.54) is 4.68 Å². The second-order valence-electron chi connectivity index (χ2n) is 4.75. The first kappa shape index (κ1) is 16.0. The molecule has 0 saturated carbocycles. The van der Waals surface area contributed by atoms with Gasteiger partial charge in [0, 0.05) is 13.7 Å². The summed E-state index contributed by atoms with van der Waals surface area (Å²) >= 11 is 0. The molecule has 7 heteroatoms. The number of hydrogen-bond donors (Lipinski definition) is 1. The predicted molar refractivity (Wildman–Crippen MR) is 80.4 cm³/mol. The zero-order chi connectivity index (χ0) is 15.8. The highest BCUT2D eigenvalue weighted by Gasteiger charge is 2.16. The molecular formula is C15H20N4O3. The van der Waals surface area contributed by atoms with Gasteiger partial charge in [0.2, 0.25) is 5.91 Å². The number of carbonyl (C=O) groups is 1. The molecule has 0 spiro atoms. The van der Waals surface area contributed by atoms with E-state index in [0.717, 1.165) is 5.75 Å². The third kappa shape index (κ3) is 4.56.